The Balaban J connectivity index is 1.67. The fourth-order valence-electron chi connectivity index (χ4n) is 2.29. The van der Waals surface area contributed by atoms with E-state index in [2.05, 4.69) is 4.99 Å². The van der Waals surface area contributed by atoms with Crippen LogP contribution in [-0.2, 0) is 14.3 Å². The van der Waals surface area contributed by atoms with Gasteiger partial charge >= 0.3 is 5.97 Å². The zero-order valence-electron chi connectivity index (χ0n) is 12.0. The molecule has 2 heterocycles. The van der Waals surface area contributed by atoms with Crippen LogP contribution in [0.2, 0.25) is 0 Å². The summed E-state index contributed by atoms with van der Waals surface area (Å²) < 4.78 is 21.4. The zero-order chi connectivity index (χ0) is 14.8. The Morgan fingerprint density at radius 3 is 3.05 bits per heavy atom. The molecule has 2 atom stereocenters. The van der Waals surface area contributed by atoms with E-state index in [1.54, 1.807) is 13.8 Å². The highest BCUT2D eigenvalue weighted by molar-refractivity contribution is 5.98. The molecule has 0 spiro atoms. The van der Waals surface area contributed by atoms with Crippen molar-refractivity contribution in [1.29, 1.82) is 0 Å². The monoisotopic (exact) mass is 291 g/mol. The van der Waals surface area contributed by atoms with Gasteiger partial charge in [-0.3, -0.25) is 9.79 Å². The van der Waals surface area contributed by atoms with Gasteiger partial charge in [0.2, 0.25) is 6.79 Å². The van der Waals surface area contributed by atoms with Crippen LogP contribution in [0, 0.1) is 5.92 Å². The van der Waals surface area contributed by atoms with Crippen LogP contribution >= 0.6 is 0 Å². The minimum atomic E-state index is -0.482. The van der Waals surface area contributed by atoms with Crippen molar-refractivity contribution in [2.75, 3.05) is 19.9 Å². The maximum absolute atomic E-state index is 11.7. The molecule has 0 aromatic heterocycles. The molecular weight excluding hydrogens is 274 g/mol. The maximum Gasteiger partial charge on any atom is 0.318 e. The molecule has 2 aliphatic heterocycles. The fraction of sp³-hybridized carbons (Fsp3) is 0.467. The molecule has 0 amide bonds. The lowest BCUT2D eigenvalue weighted by Gasteiger charge is -2.15. The molecule has 6 nitrogen and oxygen atoms in total. The number of carbonyl (C=O) groups excluding carboxylic acids is 1. The van der Waals surface area contributed by atoms with Crippen molar-refractivity contribution in [3.05, 3.63) is 23.8 Å². The molecule has 21 heavy (non-hydrogen) atoms. The van der Waals surface area contributed by atoms with Crippen LogP contribution in [0.15, 0.2) is 23.2 Å². The lowest BCUT2D eigenvalue weighted by Crippen LogP contribution is -2.24. The number of hydrogen-bond donors (Lipinski definition) is 0. The predicted octanol–water partition coefficient (Wildman–Crippen LogP) is 2.08. The minimum Gasteiger partial charge on any atom is -0.470 e. The van der Waals surface area contributed by atoms with Crippen molar-refractivity contribution in [2.45, 2.75) is 20.0 Å². The van der Waals surface area contributed by atoms with E-state index in [0.29, 0.717) is 24.8 Å². The van der Waals surface area contributed by atoms with Crippen LogP contribution in [0.3, 0.4) is 0 Å². The molecule has 1 aromatic carbocycles. The first-order chi connectivity index (χ1) is 10.2. The van der Waals surface area contributed by atoms with Crippen LogP contribution in [0.1, 0.15) is 25.5 Å². The topological polar surface area (TPSA) is 66.4 Å². The Bertz CT molecular complexity index is 583. The number of aliphatic imine (C=N–C) groups is 1. The van der Waals surface area contributed by atoms with Gasteiger partial charge in [-0.1, -0.05) is 6.07 Å². The van der Waals surface area contributed by atoms with Gasteiger partial charge in [-0.15, -0.1) is 0 Å². The van der Waals surface area contributed by atoms with Crippen molar-refractivity contribution >= 4 is 11.9 Å². The molecule has 0 saturated carbocycles. The van der Waals surface area contributed by atoms with Gasteiger partial charge in [0.05, 0.1) is 13.2 Å². The van der Waals surface area contributed by atoms with E-state index in [1.165, 1.54) is 0 Å². The molecule has 2 unspecified atom stereocenters. The number of benzene rings is 1. The summed E-state index contributed by atoms with van der Waals surface area (Å²) in [7, 11) is 0. The van der Waals surface area contributed by atoms with E-state index in [9.17, 15) is 4.79 Å². The molecule has 6 heteroatoms. The first-order valence-corrected chi connectivity index (χ1v) is 6.96. The smallest absolute Gasteiger partial charge is 0.318 e. The molecular formula is C15H17NO5. The molecule has 1 aromatic rings. The van der Waals surface area contributed by atoms with Gasteiger partial charge in [0.15, 0.2) is 17.4 Å². The second-order valence-electron chi connectivity index (χ2n) is 4.87. The van der Waals surface area contributed by atoms with Gasteiger partial charge in [0, 0.05) is 0 Å². The number of carbonyl (C=O) groups is 1. The predicted molar refractivity (Wildman–Crippen MR) is 74.5 cm³/mol. The lowest BCUT2D eigenvalue weighted by molar-refractivity contribution is -0.145. The second-order valence-corrected chi connectivity index (χ2v) is 4.87. The van der Waals surface area contributed by atoms with Crippen molar-refractivity contribution in [1.82, 2.24) is 0 Å². The lowest BCUT2D eigenvalue weighted by atomic mass is 10.1. The summed E-state index contributed by atoms with van der Waals surface area (Å²) in [4.78, 5) is 16.0. The summed E-state index contributed by atoms with van der Waals surface area (Å²) in [6.07, 6.45) is -0.202. The molecule has 0 radical (unpaired) electrons. The van der Waals surface area contributed by atoms with Crippen molar-refractivity contribution < 1.29 is 23.7 Å². The number of rotatable bonds is 4. The quantitative estimate of drug-likeness (QED) is 0.795. The van der Waals surface area contributed by atoms with Crippen LogP contribution in [-0.4, -0.2) is 31.8 Å². The molecule has 112 valence electrons. The Labute approximate surface area is 122 Å². The van der Waals surface area contributed by atoms with Crippen molar-refractivity contribution in [2.24, 2.45) is 10.9 Å². The summed E-state index contributed by atoms with van der Waals surface area (Å²) in [5, 5.41) is 0. The highest BCUT2D eigenvalue weighted by Crippen LogP contribution is 2.36. The van der Waals surface area contributed by atoms with Gasteiger partial charge in [0.25, 0.3) is 0 Å². The van der Waals surface area contributed by atoms with Gasteiger partial charge in [0.1, 0.15) is 12.0 Å². The SMILES string of the molecule is CCOC(=O)C(C)C1=NCC(c2ccc3c(c2)OCO3)O1. The summed E-state index contributed by atoms with van der Waals surface area (Å²) in [6.45, 7) is 4.59. The first-order valence-electron chi connectivity index (χ1n) is 6.96. The van der Waals surface area contributed by atoms with E-state index in [0.717, 1.165) is 11.3 Å². The minimum absolute atomic E-state index is 0.202. The van der Waals surface area contributed by atoms with E-state index in [4.69, 9.17) is 18.9 Å². The van der Waals surface area contributed by atoms with E-state index >= 15 is 0 Å². The van der Waals surface area contributed by atoms with E-state index in [1.807, 2.05) is 18.2 Å². The number of fused-ring (bicyclic) bond motifs is 1. The third kappa shape index (κ3) is 2.66. The molecule has 3 rings (SSSR count). The summed E-state index contributed by atoms with van der Waals surface area (Å²) in [5.41, 5.74) is 0.953. The number of hydrogen-bond acceptors (Lipinski definition) is 6. The van der Waals surface area contributed by atoms with Crippen molar-refractivity contribution in [3.8, 4) is 11.5 Å². The van der Waals surface area contributed by atoms with Crippen LogP contribution in [0.4, 0.5) is 0 Å². The van der Waals surface area contributed by atoms with E-state index in [-0.39, 0.29) is 18.9 Å². The van der Waals surface area contributed by atoms with Crippen LogP contribution < -0.4 is 9.47 Å². The van der Waals surface area contributed by atoms with Crippen LogP contribution in [0.25, 0.3) is 0 Å². The molecule has 0 saturated heterocycles. The number of esters is 1. The van der Waals surface area contributed by atoms with Crippen LogP contribution in [0.5, 0.6) is 11.5 Å². The third-order valence-electron chi connectivity index (χ3n) is 3.45. The van der Waals surface area contributed by atoms with E-state index < -0.39 is 5.92 Å². The largest absolute Gasteiger partial charge is 0.470 e. The summed E-state index contributed by atoms with van der Waals surface area (Å²) >= 11 is 0. The zero-order valence-corrected chi connectivity index (χ0v) is 12.0. The summed E-state index contributed by atoms with van der Waals surface area (Å²) in [6, 6.07) is 5.67. The number of ether oxygens (including phenoxy) is 4. The molecule has 0 fully saturated rings. The van der Waals surface area contributed by atoms with Crippen molar-refractivity contribution in [3.63, 3.8) is 0 Å². The third-order valence-corrected chi connectivity index (χ3v) is 3.45. The maximum atomic E-state index is 11.7. The Morgan fingerprint density at radius 1 is 1.43 bits per heavy atom. The normalized spacial score (nSPS) is 20.7. The highest BCUT2D eigenvalue weighted by Gasteiger charge is 2.30. The second kappa shape index (κ2) is 5.63. The van der Waals surface area contributed by atoms with Gasteiger partial charge in [-0.25, -0.2) is 0 Å². The first kappa shape index (κ1) is 13.7. The average Bonchev–Trinajstić information content (AvgIpc) is 3.14. The van der Waals surface area contributed by atoms with Gasteiger partial charge < -0.3 is 18.9 Å². The van der Waals surface area contributed by atoms with Gasteiger partial charge in [-0.05, 0) is 31.5 Å². The molecule has 0 bridgehead atoms. The Hall–Kier alpha value is -2.24. The average molecular weight is 291 g/mol. The number of nitrogens with zero attached hydrogens (tertiary/aromatic N) is 1. The Morgan fingerprint density at radius 2 is 2.24 bits per heavy atom. The molecule has 0 aliphatic carbocycles. The fourth-order valence-corrected chi connectivity index (χ4v) is 2.29. The Kier molecular flexibility index (Phi) is 3.68. The standard InChI is InChI=1S/C15H17NO5/c1-3-18-15(17)9(2)14-16-7-13(21-14)10-4-5-11-12(6-10)20-8-19-11/h4-6,9,13H,3,7-8H2,1-2H3. The molecule has 2 aliphatic rings. The van der Waals surface area contributed by atoms with Gasteiger partial charge in [-0.2, -0.15) is 0 Å². The highest BCUT2D eigenvalue weighted by atomic mass is 16.7. The summed E-state index contributed by atoms with van der Waals surface area (Å²) in [5.74, 6) is 1.07. The molecule has 0 N–H and O–H groups in total.